The van der Waals surface area contributed by atoms with Crippen molar-refractivity contribution in [1.29, 1.82) is 5.26 Å². The van der Waals surface area contributed by atoms with Crippen molar-refractivity contribution in [2.45, 2.75) is 0 Å². The van der Waals surface area contributed by atoms with E-state index in [9.17, 15) is 10.1 Å². The largest absolute Gasteiger partial charge is 0.382 e. The van der Waals surface area contributed by atoms with Crippen LogP contribution in [-0.2, 0) is 7.05 Å². The lowest BCUT2D eigenvalue weighted by Gasteiger charge is -2.10. The fourth-order valence-electron chi connectivity index (χ4n) is 2.85. The van der Waals surface area contributed by atoms with Gasteiger partial charge < -0.3 is 5.73 Å². The molecule has 3 aromatic heterocycles. The van der Waals surface area contributed by atoms with Gasteiger partial charge in [0.1, 0.15) is 11.5 Å². The van der Waals surface area contributed by atoms with Gasteiger partial charge in [0.05, 0.1) is 22.5 Å². The van der Waals surface area contributed by atoms with E-state index in [4.69, 9.17) is 5.73 Å². The summed E-state index contributed by atoms with van der Waals surface area (Å²) in [6, 6.07) is 10.8. The Hall–Kier alpha value is -3.86. The minimum absolute atomic E-state index is 0.112. The van der Waals surface area contributed by atoms with Crippen molar-refractivity contribution in [2.24, 2.45) is 7.05 Å². The maximum Gasteiger partial charge on any atom is 0.268 e. The van der Waals surface area contributed by atoms with Gasteiger partial charge in [-0.05, 0) is 18.2 Å². The molecule has 4 rings (SSSR count). The van der Waals surface area contributed by atoms with Gasteiger partial charge in [0, 0.05) is 25.0 Å². The third-order valence-electron chi connectivity index (χ3n) is 4.03. The van der Waals surface area contributed by atoms with Gasteiger partial charge >= 0.3 is 0 Å². The monoisotopic (exact) mass is 331 g/mol. The Morgan fingerprint density at radius 2 is 2.08 bits per heavy atom. The number of nitriles is 1. The van der Waals surface area contributed by atoms with Crippen LogP contribution in [0.25, 0.3) is 27.8 Å². The Bertz CT molecular complexity index is 1210. The van der Waals surface area contributed by atoms with Crippen LogP contribution >= 0.6 is 0 Å². The number of anilines is 1. The summed E-state index contributed by atoms with van der Waals surface area (Å²) < 4.78 is 3.08. The highest BCUT2D eigenvalue weighted by atomic mass is 16.1. The van der Waals surface area contributed by atoms with Gasteiger partial charge in [-0.15, -0.1) is 0 Å². The van der Waals surface area contributed by atoms with Crippen LogP contribution in [0.4, 0.5) is 5.82 Å². The number of nitrogen functional groups attached to an aromatic ring is 1. The fourth-order valence-corrected chi connectivity index (χ4v) is 2.85. The number of H-pyrrole nitrogens is 1. The minimum atomic E-state index is -0.344. The lowest BCUT2D eigenvalue weighted by molar-refractivity contribution is 0.770. The number of pyridine rings is 1. The lowest BCUT2D eigenvalue weighted by Crippen LogP contribution is -2.19. The summed E-state index contributed by atoms with van der Waals surface area (Å²) in [5, 5.41) is 20.8. The second kappa shape index (κ2) is 5.35. The molecule has 0 fully saturated rings. The number of nitrogens with zero attached hydrogens (tertiary/aromatic N) is 5. The summed E-state index contributed by atoms with van der Waals surface area (Å²) in [5.74, 6) is 0.112. The molecule has 0 unspecified atom stereocenters. The standard InChI is InChI=1S/C17H13N7O/c1-23-7-6-12(22-23)11-9-24(13-5-3-2-4-10(13)8-18)17(25)14-15(11)20-21-16(14)19/h2-7,9H,1H3,(H3,19,20,21). The van der Waals surface area contributed by atoms with Crippen molar-refractivity contribution < 1.29 is 0 Å². The average Bonchev–Trinajstić information content (AvgIpc) is 3.22. The van der Waals surface area contributed by atoms with E-state index >= 15 is 0 Å². The number of aromatic amines is 1. The number of benzene rings is 1. The van der Waals surface area contributed by atoms with Gasteiger partial charge in [-0.25, -0.2) is 0 Å². The zero-order valence-corrected chi connectivity index (χ0v) is 13.3. The predicted octanol–water partition coefficient (Wildman–Crippen LogP) is 1.57. The third-order valence-corrected chi connectivity index (χ3v) is 4.03. The molecule has 0 amide bonds. The van der Waals surface area contributed by atoms with Gasteiger partial charge in [0.25, 0.3) is 5.56 Å². The Kier molecular flexibility index (Phi) is 3.15. The van der Waals surface area contributed by atoms with Crippen LogP contribution in [0.1, 0.15) is 5.56 Å². The number of hydrogen-bond donors (Lipinski definition) is 2. The Balaban J connectivity index is 2.13. The Morgan fingerprint density at radius 1 is 1.28 bits per heavy atom. The van der Waals surface area contributed by atoms with Gasteiger partial charge in [-0.1, -0.05) is 12.1 Å². The van der Waals surface area contributed by atoms with E-state index < -0.39 is 0 Å². The molecule has 25 heavy (non-hydrogen) atoms. The van der Waals surface area contributed by atoms with E-state index in [0.717, 1.165) is 0 Å². The van der Waals surface area contributed by atoms with Crippen molar-refractivity contribution in [2.75, 3.05) is 5.73 Å². The Labute approximate surface area is 141 Å². The molecule has 8 nitrogen and oxygen atoms in total. The highest BCUT2D eigenvalue weighted by molar-refractivity contribution is 5.97. The van der Waals surface area contributed by atoms with E-state index in [1.807, 2.05) is 13.1 Å². The van der Waals surface area contributed by atoms with E-state index in [1.54, 1.807) is 41.3 Å². The molecule has 3 heterocycles. The van der Waals surface area contributed by atoms with Crippen molar-refractivity contribution in [3.63, 3.8) is 0 Å². The number of aromatic nitrogens is 5. The van der Waals surface area contributed by atoms with Crippen LogP contribution in [0.5, 0.6) is 0 Å². The van der Waals surface area contributed by atoms with Gasteiger partial charge in [-0.3, -0.25) is 19.1 Å². The molecule has 0 aliphatic carbocycles. The third kappa shape index (κ3) is 2.18. The van der Waals surface area contributed by atoms with Crippen LogP contribution in [0.15, 0.2) is 47.5 Å². The molecule has 0 spiro atoms. The first kappa shape index (κ1) is 14.7. The fraction of sp³-hybridized carbons (Fsp3) is 0.0588. The first-order valence-corrected chi connectivity index (χ1v) is 7.49. The zero-order valence-electron chi connectivity index (χ0n) is 13.3. The van der Waals surface area contributed by atoms with Crippen LogP contribution in [0.3, 0.4) is 0 Å². The number of aryl methyl sites for hydroxylation is 1. The van der Waals surface area contributed by atoms with Crippen LogP contribution < -0.4 is 11.3 Å². The second-order valence-electron chi connectivity index (χ2n) is 5.58. The number of para-hydroxylation sites is 1. The van der Waals surface area contributed by atoms with Gasteiger partial charge in [0.15, 0.2) is 5.82 Å². The first-order valence-electron chi connectivity index (χ1n) is 7.49. The van der Waals surface area contributed by atoms with Gasteiger partial charge in [0.2, 0.25) is 0 Å². The number of fused-ring (bicyclic) bond motifs is 1. The minimum Gasteiger partial charge on any atom is -0.382 e. The molecule has 3 N–H and O–H groups in total. The normalized spacial score (nSPS) is 10.9. The van der Waals surface area contributed by atoms with E-state index in [1.165, 1.54) is 4.57 Å². The average molecular weight is 331 g/mol. The summed E-state index contributed by atoms with van der Waals surface area (Å²) in [6.07, 6.45) is 3.46. The SMILES string of the molecule is Cn1ccc(-c2cn(-c3ccccc3C#N)c(=O)c3c(N)n[nH]c23)n1. The van der Waals surface area contributed by atoms with E-state index in [2.05, 4.69) is 21.4 Å². The van der Waals surface area contributed by atoms with Crippen molar-refractivity contribution in [1.82, 2.24) is 24.5 Å². The van der Waals surface area contributed by atoms with Crippen LogP contribution in [0.2, 0.25) is 0 Å². The predicted molar refractivity (Wildman–Crippen MR) is 93.0 cm³/mol. The number of nitrogens with two attached hydrogens (primary N) is 1. The molecular weight excluding hydrogens is 318 g/mol. The second-order valence-corrected chi connectivity index (χ2v) is 5.58. The molecule has 122 valence electrons. The van der Waals surface area contributed by atoms with Crippen molar-refractivity contribution in [3.05, 3.63) is 58.6 Å². The van der Waals surface area contributed by atoms with Crippen LogP contribution in [-0.4, -0.2) is 24.5 Å². The molecule has 0 radical (unpaired) electrons. The molecule has 4 aromatic rings. The topological polar surface area (TPSA) is 118 Å². The molecule has 1 aromatic carbocycles. The van der Waals surface area contributed by atoms with E-state index in [0.29, 0.717) is 28.0 Å². The molecule has 0 saturated carbocycles. The number of rotatable bonds is 2. The lowest BCUT2D eigenvalue weighted by atomic mass is 10.1. The molecular formula is C17H13N7O. The highest BCUT2D eigenvalue weighted by Crippen LogP contribution is 2.27. The molecule has 0 bridgehead atoms. The summed E-state index contributed by atoms with van der Waals surface area (Å²) in [6.45, 7) is 0. The first-order chi connectivity index (χ1) is 12.1. The molecule has 0 aliphatic rings. The maximum atomic E-state index is 13.0. The molecule has 8 heteroatoms. The zero-order chi connectivity index (χ0) is 17.6. The van der Waals surface area contributed by atoms with E-state index in [-0.39, 0.29) is 16.8 Å². The molecule has 0 saturated heterocycles. The van der Waals surface area contributed by atoms with Crippen molar-refractivity contribution >= 4 is 16.7 Å². The summed E-state index contributed by atoms with van der Waals surface area (Å²) >= 11 is 0. The Morgan fingerprint density at radius 3 is 2.80 bits per heavy atom. The molecule has 0 aliphatic heterocycles. The summed E-state index contributed by atoms with van der Waals surface area (Å²) in [4.78, 5) is 13.0. The van der Waals surface area contributed by atoms with Crippen LogP contribution in [0, 0.1) is 11.3 Å². The number of hydrogen-bond acceptors (Lipinski definition) is 5. The quantitative estimate of drug-likeness (QED) is 0.578. The summed E-state index contributed by atoms with van der Waals surface area (Å²) in [5.41, 5.74) is 8.28. The van der Waals surface area contributed by atoms with Crippen molar-refractivity contribution in [3.8, 4) is 23.0 Å². The smallest absolute Gasteiger partial charge is 0.268 e. The number of nitrogens with one attached hydrogen (secondary N) is 1. The summed E-state index contributed by atoms with van der Waals surface area (Å²) in [7, 11) is 1.81. The highest BCUT2D eigenvalue weighted by Gasteiger charge is 2.18. The van der Waals surface area contributed by atoms with Gasteiger partial charge in [-0.2, -0.15) is 15.5 Å². The molecule has 0 atom stereocenters. The maximum absolute atomic E-state index is 13.0.